The lowest BCUT2D eigenvalue weighted by Gasteiger charge is -2.33. The Morgan fingerprint density at radius 3 is 2.77 bits per heavy atom. The van der Waals surface area contributed by atoms with E-state index in [9.17, 15) is 4.79 Å². The molecule has 1 atom stereocenters. The molecular weight excluding hydrogens is 380 g/mol. The quantitative estimate of drug-likeness (QED) is 0.613. The van der Waals surface area contributed by atoms with Crippen molar-refractivity contribution >= 4 is 5.97 Å². The normalized spacial score (nSPS) is 17.0. The second kappa shape index (κ2) is 9.13. The SMILES string of the molecule is COc1ccccc1Cc1cnc([C@@H]2CCCCN2Cc2ccc(C(=O)O)cc2)o1. The molecule has 6 nitrogen and oxygen atoms in total. The number of carboxylic acid groups (broad SMARTS) is 1. The molecule has 0 radical (unpaired) electrons. The molecule has 0 aliphatic carbocycles. The summed E-state index contributed by atoms with van der Waals surface area (Å²) >= 11 is 0. The smallest absolute Gasteiger partial charge is 0.335 e. The Morgan fingerprint density at radius 1 is 1.20 bits per heavy atom. The van der Waals surface area contributed by atoms with Gasteiger partial charge in [0.05, 0.1) is 24.9 Å². The van der Waals surface area contributed by atoms with Gasteiger partial charge in [0, 0.05) is 18.5 Å². The van der Waals surface area contributed by atoms with Gasteiger partial charge in [-0.25, -0.2) is 9.78 Å². The van der Waals surface area contributed by atoms with Crippen LogP contribution >= 0.6 is 0 Å². The number of aromatic nitrogens is 1. The zero-order valence-corrected chi connectivity index (χ0v) is 17.1. The lowest BCUT2D eigenvalue weighted by atomic mass is 10.0. The van der Waals surface area contributed by atoms with E-state index >= 15 is 0 Å². The van der Waals surface area contributed by atoms with Crippen molar-refractivity contribution in [1.82, 2.24) is 9.88 Å². The van der Waals surface area contributed by atoms with Crippen molar-refractivity contribution in [1.29, 1.82) is 0 Å². The van der Waals surface area contributed by atoms with Gasteiger partial charge in [0.2, 0.25) is 5.89 Å². The number of nitrogens with zero attached hydrogens (tertiary/aromatic N) is 2. The molecular formula is C24H26N2O4. The topological polar surface area (TPSA) is 75.8 Å². The zero-order chi connectivity index (χ0) is 20.9. The highest BCUT2D eigenvalue weighted by Gasteiger charge is 2.28. The first-order valence-electron chi connectivity index (χ1n) is 10.3. The van der Waals surface area contributed by atoms with Gasteiger partial charge >= 0.3 is 5.97 Å². The van der Waals surface area contributed by atoms with Gasteiger partial charge in [-0.3, -0.25) is 4.90 Å². The summed E-state index contributed by atoms with van der Waals surface area (Å²) in [6.45, 7) is 1.71. The average molecular weight is 406 g/mol. The molecule has 1 fully saturated rings. The van der Waals surface area contributed by atoms with E-state index in [1.54, 1.807) is 19.2 Å². The molecule has 3 aromatic rings. The molecule has 1 N–H and O–H groups in total. The summed E-state index contributed by atoms with van der Waals surface area (Å²) in [4.78, 5) is 18.0. The van der Waals surface area contributed by atoms with Gasteiger partial charge in [-0.1, -0.05) is 36.8 Å². The zero-order valence-electron chi connectivity index (χ0n) is 17.1. The van der Waals surface area contributed by atoms with E-state index in [1.165, 1.54) is 0 Å². The van der Waals surface area contributed by atoms with Crippen LogP contribution in [0.4, 0.5) is 0 Å². The third-order valence-corrected chi connectivity index (χ3v) is 5.61. The van der Waals surface area contributed by atoms with Crippen LogP contribution in [0.2, 0.25) is 0 Å². The number of methoxy groups -OCH3 is 1. The Kier molecular flexibility index (Phi) is 6.14. The van der Waals surface area contributed by atoms with Crippen LogP contribution in [0.1, 0.15) is 58.4 Å². The number of hydrogen-bond donors (Lipinski definition) is 1. The van der Waals surface area contributed by atoms with Gasteiger partial charge in [0.1, 0.15) is 11.5 Å². The summed E-state index contributed by atoms with van der Waals surface area (Å²) in [6, 6.07) is 15.2. The number of aromatic carboxylic acids is 1. The highest BCUT2D eigenvalue weighted by atomic mass is 16.5. The van der Waals surface area contributed by atoms with Crippen LogP contribution in [-0.2, 0) is 13.0 Å². The van der Waals surface area contributed by atoms with Crippen LogP contribution < -0.4 is 4.74 Å². The second-order valence-corrected chi connectivity index (χ2v) is 7.64. The van der Waals surface area contributed by atoms with E-state index < -0.39 is 5.97 Å². The third-order valence-electron chi connectivity index (χ3n) is 5.61. The first-order chi connectivity index (χ1) is 14.6. The Bertz CT molecular complexity index is 996. The maximum absolute atomic E-state index is 11.1. The minimum atomic E-state index is -0.903. The largest absolute Gasteiger partial charge is 0.496 e. The fourth-order valence-electron chi connectivity index (χ4n) is 4.04. The molecule has 156 valence electrons. The highest BCUT2D eigenvalue weighted by Crippen LogP contribution is 2.32. The Morgan fingerprint density at radius 2 is 2.00 bits per heavy atom. The molecule has 0 unspecified atom stereocenters. The minimum absolute atomic E-state index is 0.129. The molecule has 0 saturated carbocycles. The van der Waals surface area contributed by atoms with Crippen LogP contribution in [0, 0.1) is 0 Å². The molecule has 1 aliphatic rings. The minimum Gasteiger partial charge on any atom is -0.496 e. The standard InChI is InChI=1S/C24H26N2O4/c1-29-22-8-3-2-6-19(22)14-20-15-25-23(30-20)21-7-4-5-13-26(21)16-17-9-11-18(12-10-17)24(27)28/h2-3,6,8-12,15,21H,4-5,7,13-14,16H2,1H3,(H,27,28)/t21-/m0/s1. The van der Waals surface area contributed by atoms with Gasteiger partial charge in [0.25, 0.3) is 0 Å². The van der Waals surface area contributed by atoms with Gasteiger partial charge < -0.3 is 14.3 Å². The van der Waals surface area contributed by atoms with Gasteiger partial charge in [-0.15, -0.1) is 0 Å². The van der Waals surface area contributed by atoms with Crippen LogP contribution in [0.25, 0.3) is 0 Å². The lowest BCUT2D eigenvalue weighted by Crippen LogP contribution is -2.33. The molecule has 0 amide bonds. The first-order valence-corrected chi connectivity index (χ1v) is 10.3. The molecule has 6 heteroatoms. The summed E-state index contributed by atoms with van der Waals surface area (Å²) in [5, 5.41) is 9.09. The predicted molar refractivity (Wildman–Crippen MR) is 113 cm³/mol. The van der Waals surface area contributed by atoms with Gasteiger partial charge in [0.15, 0.2) is 0 Å². The predicted octanol–water partition coefficient (Wildman–Crippen LogP) is 4.70. The van der Waals surface area contributed by atoms with E-state index in [0.29, 0.717) is 12.0 Å². The molecule has 0 bridgehead atoms. The van der Waals surface area contributed by atoms with E-state index in [-0.39, 0.29) is 6.04 Å². The van der Waals surface area contributed by atoms with Crippen molar-refractivity contribution in [3.05, 3.63) is 83.1 Å². The Hall–Kier alpha value is -3.12. The number of benzene rings is 2. The summed E-state index contributed by atoms with van der Waals surface area (Å²) in [7, 11) is 1.67. The van der Waals surface area contributed by atoms with E-state index in [1.807, 2.05) is 42.6 Å². The number of ether oxygens (including phenoxy) is 1. The number of hydrogen-bond acceptors (Lipinski definition) is 5. The number of piperidine rings is 1. The van der Waals surface area contributed by atoms with Crippen LogP contribution in [-0.4, -0.2) is 34.6 Å². The maximum Gasteiger partial charge on any atom is 0.335 e. The van der Waals surface area contributed by atoms with Crippen LogP contribution in [0.3, 0.4) is 0 Å². The molecule has 30 heavy (non-hydrogen) atoms. The van der Waals surface area contributed by atoms with E-state index in [0.717, 1.165) is 60.9 Å². The van der Waals surface area contributed by atoms with Crippen molar-refractivity contribution in [2.45, 2.75) is 38.3 Å². The highest BCUT2D eigenvalue weighted by molar-refractivity contribution is 5.87. The summed E-state index contributed by atoms with van der Waals surface area (Å²) in [5.41, 5.74) is 2.47. The van der Waals surface area contributed by atoms with Crippen molar-refractivity contribution in [3.63, 3.8) is 0 Å². The van der Waals surface area contributed by atoms with E-state index in [4.69, 9.17) is 14.3 Å². The Balaban J connectivity index is 1.48. The number of likely N-dealkylation sites (tertiary alicyclic amines) is 1. The van der Waals surface area contributed by atoms with Crippen molar-refractivity contribution in [2.24, 2.45) is 0 Å². The fourth-order valence-corrected chi connectivity index (χ4v) is 4.04. The number of para-hydroxylation sites is 1. The summed E-state index contributed by atoms with van der Waals surface area (Å²) in [5.74, 6) is 1.52. The second-order valence-electron chi connectivity index (χ2n) is 7.64. The molecule has 0 spiro atoms. The summed E-state index contributed by atoms with van der Waals surface area (Å²) < 4.78 is 11.6. The third kappa shape index (κ3) is 4.54. The van der Waals surface area contributed by atoms with Crippen molar-refractivity contribution < 1.29 is 19.1 Å². The molecule has 4 rings (SSSR count). The molecule has 2 heterocycles. The number of oxazole rings is 1. The number of rotatable bonds is 7. The first kappa shape index (κ1) is 20.2. The van der Waals surface area contributed by atoms with Crippen molar-refractivity contribution in [2.75, 3.05) is 13.7 Å². The monoisotopic (exact) mass is 406 g/mol. The molecule has 1 saturated heterocycles. The van der Waals surface area contributed by atoms with Crippen LogP contribution in [0.5, 0.6) is 5.75 Å². The van der Waals surface area contributed by atoms with Gasteiger partial charge in [-0.2, -0.15) is 0 Å². The fraction of sp³-hybridized carbons (Fsp3) is 0.333. The Labute approximate surface area is 176 Å². The number of carboxylic acids is 1. The number of carbonyl (C=O) groups is 1. The van der Waals surface area contributed by atoms with Crippen molar-refractivity contribution in [3.8, 4) is 5.75 Å². The molecule has 1 aliphatic heterocycles. The van der Waals surface area contributed by atoms with Gasteiger partial charge in [-0.05, 0) is 43.1 Å². The molecule has 1 aromatic heterocycles. The maximum atomic E-state index is 11.1. The summed E-state index contributed by atoms with van der Waals surface area (Å²) in [6.07, 6.45) is 5.74. The van der Waals surface area contributed by atoms with E-state index in [2.05, 4.69) is 9.88 Å². The molecule has 2 aromatic carbocycles. The van der Waals surface area contributed by atoms with Crippen LogP contribution in [0.15, 0.2) is 59.1 Å². The lowest BCUT2D eigenvalue weighted by molar-refractivity contribution is 0.0697. The average Bonchev–Trinajstić information content (AvgIpc) is 3.23.